The number of hydrogen-bond donors (Lipinski definition) is 2. The highest BCUT2D eigenvalue weighted by Gasteiger charge is 2.26. The van der Waals surface area contributed by atoms with Crippen LogP contribution in [0, 0.1) is 6.92 Å². The Morgan fingerprint density at radius 2 is 1.79 bits per heavy atom. The molecule has 0 radical (unpaired) electrons. The van der Waals surface area contributed by atoms with Crippen LogP contribution in [0.25, 0.3) is 0 Å². The quantitative estimate of drug-likeness (QED) is 0.903. The molecule has 2 aromatic rings. The summed E-state index contributed by atoms with van der Waals surface area (Å²) in [7, 11) is 0. The molecule has 1 aliphatic heterocycles. The van der Waals surface area contributed by atoms with E-state index < -0.39 is 6.10 Å². The summed E-state index contributed by atoms with van der Waals surface area (Å²) in [6, 6.07) is 8.48. The van der Waals surface area contributed by atoms with Gasteiger partial charge < -0.3 is 19.9 Å². The molecule has 124 valence electrons. The standard InChI is InChI=1S/C17H17N3O4/c1-10-7-15(24-20-10)17(22)19-14-5-3-13(4-6-14)18-16(21)12-8-11(2)23-9-12/h3-6,8-9,15H,7H2,1-2H3,(H,18,21)(H,19,22)/t15-/m1/s1. The van der Waals surface area contributed by atoms with Crippen molar-refractivity contribution in [2.75, 3.05) is 10.6 Å². The number of carbonyl (C=O) groups is 2. The zero-order valence-corrected chi connectivity index (χ0v) is 13.3. The van der Waals surface area contributed by atoms with Gasteiger partial charge in [-0.2, -0.15) is 0 Å². The molecule has 0 saturated carbocycles. The van der Waals surface area contributed by atoms with Crippen LogP contribution in [0.5, 0.6) is 0 Å². The van der Waals surface area contributed by atoms with Crippen LogP contribution < -0.4 is 10.6 Å². The third-order valence-corrected chi connectivity index (χ3v) is 3.51. The molecule has 7 nitrogen and oxygen atoms in total. The molecular formula is C17H17N3O4. The second-order valence-corrected chi connectivity index (χ2v) is 5.59. The van der Waals surface area contributed by atoms with Crippen molar-refractivity contribution in [2.24, 2.45) is 5.16 Å². The maximum absolute atomic E-state index is 12.0. The highest BCUT2D eigenvalue weighted by atomic mass is 16.6. The van der Waals surface area contributed by atoms with Crippen molar-refractivity contribution >= 4 is 28.9 Å². The Morgan fingerprint density at radius 1 is 1.12 bits per heavy atom. The van der Waals surface area contributed by atoms with E-state index in [1.54, 1.807) is 37.3 Å². The Balaban J connectivity index is 1.57. The van der Waals surface area contributed by atoms with Crippen molar-refractivity contribution in [3.05, 3.63) is 47.9 Å². The molecule has 0 saturated heterocycles. The van der Waals surface area contributed by atoms with Gasteiger partial charge in [0.1, 0.15) is 12.0 Å². The van der Waals surface area contributed by atoms with Crippen LogP contribution in [0.1, 0.15) is 29.5 Å². The van der Waals surface area contributed by atoms with Gasteiger partial charge in [0.2, 0.25) is 6.10 Å². The first kappa shape index (κ1) is 15.8. The van der Waals surface area contributed by atoms with Gasteiger partial charge in [0.25, 0.3) is 11.8 Å². The molecule has 2 amide bonds. The molecule has 1 aromatic carbocycles. The Hall–Kier alpha value is -3.09. The van der Waals surface area contributed by atoms with Crippen LogP contribution in [0.3, 0.4) is 0 Å². The van der Waals surface area contributed by atoms with Gasteiger partial charge in [-0.15, -0.1) is 0 Å². The third-order valence-electron chi connectivity index (χ3n) is 3.51. The number of rotatable bonds is 4. The van der Waals surface area contributed by atoms with Gasteiger partial charge in [-0.25, -0.2) is 0 Å². The number of aryl methyl sites for hydroxylation is 1. The van der Waals surface area contributed by atoms with Gasteiger partial charge in [0, 0.05) is 17.8 Å². The summed E-state index contributed by atoms with van der Waals surface area (Å²) in [5.74, 6) is 0.170. The molecule has 1 aliphatic rings. The van der Waals surface area contributed by atoms with E-state index in [-0.39, 0.29) is 11.8 Å². The van der Waals surface area contributed by atoms with Crippen molar-refractivity contribution in [3.63, 3.8) is 0 Å². The molecule has 7 heteroatoms. The van der Waals surface area contributed by atoms with Crippen molar-refractivity contribution in [1.82, 2.24) is 0 Å². The van der Waals surface area contributed by atoms with E-state index in [0.29, 0.717) is 29.1 Å². The molecule has 1 aromatic heterocycles. The predicted molar refractivity (Wildman–Crippen MR) is 89.1 cm³/mol. The van der Waals surface area contributed by atoms with Crippen LogP contribution in [-0.4, -0.2) is 23.6 Å². The number of carbonyl (C=O) groups excluding carboxylic acids is 2. The molecule has 2 N–H and O–H groups in total. The van der Waals surface area contributed by atoms with Crippen LogP contribution in [0.2, 0.25) is 0 Å². The average molecular weight is 327 g/mol. The lowest BCUT2D eigenvalue weighted by atomic mass is 10.2. The maximum Gasteiger partial charge on any atom is 0.268 e. The van der Waals surface area contributed by atoms with Crippen LogP contribution in [0.4, 0.5) is 11.4 Å². The summed E-state index contributed by atoms with van der Waals surface area (Å²) in [5.41, 5.74) is 2.49. The zero-order valence-electron chi connectivity index (χ0n) is 13.3. The SMILES string of the molecule is CC1=NO[C@@H](C(=O)Nc2ccc(NC(=O)c3coc(C)c3)cc2)C1. The zero-order chi connectivity index (χ0) is 17.1. The first-order valence-electron chi connectivity index (χ1n) is 7.48. The lowest BCUT2D eigenvalue weighted by molar-refractivity contribution is -0.125. The topological polar surface area (TPSA) is 92.9 Å². The monoisotopic (exact) mass is 327 g/mol. The van der Waals surface area contributed by atoms with E-state index in [4.69, 9.17) is 9.25 Å². The minimum Gasteiger partial charge on any atom is -0.469 e. The fourth-order valence-corrected chi connectivity index (χ4v) is 2.26. The van der Waals surface area contributed by atoms with Crippen molar-refractivity contribution < 1.29 is 18.8 Å². The highest BCUT2D eigenvalue weighted by molar-refractivity contribution is 6.04. The normalized spacial score (nSPS) is 16.2. The minimum atomic E-state index is -0.589. The van der Waals surface area contributed by atoms with E-state index in [9.17, 15) is 9.59 Å². The molecule has 0 spiro atoms. The summed E-state index contributed by atoms with van der Waals surface area (Å²) < 4.78 is 5.11. The summed E-state index contributed by atoms with van der Waals surface area (Å²) in [6.45, 7) is 3.58. The Labute approximate surface area is 138 Å². The van der Waals surface area contributed by atoms with Gasteiger partial charge in [-0.1, -0.05) is 5.16 Å². The van der Waals surface area contributed by atoms with E-state index in [1.807, 2.05) is 6.92 Å². The Morgan fingerprint density at radius 3 is 2.33 bits per heavy atom. The van der Waals surface area contributed by atoms with Gasteiger partial charge in [0.05, 0.1) is 11.3 Å². The van der Waals surface area contributed by atoms with Crippen molar-refractivity contribution in [1.29, 1.82) is 0 Å². The molecule has 0 fully saturated rings. The van der Waals surface area contributed by atoms with Gasteiger partial charge in [-0.3, -0.25) is 9.59 Å². The fourth-order valence-electron chi connectivity index (χ4n) is 2.26. The van der Waals surface area contributed by atoms with E-state index in [0.717, 1.165) is 5.71 Å². The molecule has 0 bridgehead atoms. The largest absolute Gasteiger partial charge is 0.469 e. The van der Waals surface area contributed by atoms with Crippen LogP contribution in [-0.2, 0) is 9.63 Å². The molecule has 0 unspecified atom stereocenters. The molecule has 2 heterocycles. The molecule has 24 heavy (non-hydrogen) atoms. The highest BCUT2D eigenvalue weighted by Crippen LogP contribution is 2.17. The Kier molecular flexibility index (Phi) is 4.33. The van der Waals surface area contributed by atoms with E-state index in [2.05, 4.69) is 15.8 Å². The summed E-state index contributed by atoms with van der Waals surface area (Å²) in [5, 5.41) is 9.27. The van der Waals surface area contributed by atoms with Crippen molar-refractivity contribution in [2.45, 2.75) is 26.4 Å². The summed E-state index contributed by atoms with van der Waals surface area (Å²) in [4.78, 5) is 29.1. The Bertz CT molecular complexity index is 792. The number of benzene rings is 1. The lowest BCUT2D eigenvalue weighted by Crippen LogP contribution is -2.27. The average Bonchev–Trinajstić information content (AvgIpc) is 3.18. The van der Waals surface area contributed by atoms with Crippen molar-refractivity contribution in [3.8, 4) is 0 Å². The number of furan rings is 1. The van der Waals surface area contributed by atoms with Crippen LogP contribution in [0.15, 0.2) is 46.2 Å². The second-order valence-electron chi connectivity index (χ2n) is 5.59. The van der Waals surface area contributed by atoms with Crippen LogP contribution >= 0.6 is 0 Å². The van der Waals surface area contributed by atoms with E-state index >= 15 is 0 Å². The minimum absolute atomic E-state index is 0.249. The lowest BCUT2D eigenvalue weighted by Gasteiger charge is -2.10. The molecule has 1 atom stereocenters. The summed E-state index contributed by atoms with van der Waals surface area (Å²) in [6.07, 6.45) is 1.31. The van der Waals surface area contributed by atoms with Gasteiger partial charge in [-0.05, 0) is 44.2 Å². The predicted octanol–water partition coefficient (Wildman–Crippen LogP) is 2.94. The molecule has 0 aliphatic carbocycles. The smallest absolute Gasteiger partial charge is 0.268 e. The fraction of sp³-hybridized carbons (Fsp3) is 0.235. The second kappa shape index (κ2) is 6.57. The van der Waals surface area contributed by atoms with E-state index in [1.165, 1.54) is 6.26 Å². The number of hydrogen-bond acceptors (Lipinski definition) is 5. The van der Waals surface area contributed by atoms with Gasteiger partial charge >= 0.3 is 0 Å². The third kappa shape index (κ3) is 3.62. The first-order valence-corrected chi connectivity index (χ1v) is 7.48. The number of anilines is 2. The maximum atomic E-state index is 12.0. The first-order chi connectivity index (χ1) is 11.5. The number of nitrogens with one attached hydrogen (secondary N) is 2. The molecule has 3 rings (SSSR count). The molecular weight excluding hydrogens is 310 g/mol. The van der Waals surface area contributed by atoms with Gasteiger partial charge in [0.15, 0.2) is 0 Å². The summed E-state index contributed by atoms with van der Waals surface area (Å²) >= 11 is 0. The number of amides is 2. The number of oxime groups is 1. The number of nitrogens with zero attached hydrogens (tertiary/aromatic N) is 1.